The number of carbonyl (C=O) groups is 2. The molecule has 0 aliphatic carbocycles. The van der Waals surface area contributed by atoms with Crippen molar-refractivity contribution in [2.75, 3.05) is 14.2 Å². The Hall–Kier alpha value is -3.16. The number of nitrogens with zero attached hydrogens (tertiary/aromatic N) is 1. The minimum Gasteiger partial charge on any atom is -0.494 e. The molecule has 0 bridgehead atoms. The number of hydrogen-bond acceptors (Lipinski definition) is 3. The van der Waals surface area contributed by atoms with E-state index in [1.54, 1.807) is 6.07 Å². The maximum absolute atomic E-state index is 13.6. The van der Waals surface area contributed by atoms with Crippen molar-refractivity contribution in [2.24, 2.45) is 0 Å². The summed E-state index contributed by atoms with van der Waals surface area (Å²) in [6.07, 6.45) is 0. The second-order valence-corrected chi connectivity index (χ2v) is 5.22. The molecule has 0 radical (unpaired) electrons. The van der Waals surface area contributed by atoms with Crippen molar-refractivity contribution in [1.29, 1.82) is 0 Å². The van der Waals surface area contributed by atoms with Crippen molar-refractivity contribution < 1.29 is 23.1 Å². The van der Waals surface area contributed by atoms with Crippen LogP contribution < -0.4 is 15.6 Å². The average molecular weight is 349 g/mol. The predicted molar refractivity (Wildman–Crippen MR) is 86.8 cm³/mol. The monoisotopic (exact) mass is 349 g/mol. The summed E-state index contributed by atoms with van der Waals surface area (Å²) in [5, 5.41) is 0. The zero-order valence-electron chi connectivity index (χ0n) is 13.7. The summed E-state index contributed by atoms with van der Waals surface area (Å²) in [6.45, 7) is 0.124. The van der Waals surface area contributed by atoms with E-state index in [0.29, 0.717) is 5.56 Å². The number of urea groups is 1. The molecule has 3 amide bonds. The third-order valence-corrected chi connectivity index (χ3v) is 3.37. The highest BCUT2D eigenvalue weighted by Crippen LogP contribution is 2.18. The lowest BCUT2D eigenvalue weighted by atomic mass is 10.2. The van der Waals surface area contributed by atoms with E-state index in [2.05, 4.69) is 10.9 Å². The van der Waals surface area contributed by atoms with Crippen LogP contribution in [0.4, 0.5) is 13.6 Å². The molecule has 2 aromatic rings. The first-order valence-electron chi connectivity index (χ1n) is 7.30. The largest absolute Gasteiger partial charge is 0.494 e. The van der Waals surface area contributed by atoms with Gasteiger partial charge in [0.25, 0.3) is 5.91 Å². The first-order valence-corrected chi connectivity index (χ1v) is 7.30. The van der Waals surface area contributed by atoms with Gasteiger partial charge in [-0.3, -0.25) is 10.2 Å². The van der Waals surface area contributed by atoms with Crippen molar-refractivity contribution in [3.63, 3.8) is 0 Å². The van der Waals surface area contributed by atoms with E-state index in [0.717, 1.165) is 12.1 Å². The summed E-state index contributed by atoms with van der Waals surface area (Å²) in [7, 11) is 2.85. The lowest BCUT2D eigenvalue weighted by Gasteiger charge is -2.18. The Balaban J connectivity index is 1.88. The summed E-state index contributed by atoms with van der Waals surface area (Å²) in [5.74, 6) is -1.47. The summed E-state index contributed by atoms with van der Waals surface area (Å²) < 4.78 is 31.3. The first-order chi connectivity index (χ1) is 11.9. The molecule has 2 N–H and O–H groups in total. The van der Waals surface area contributed by atoms with E-state index in [4.69, 9.17) is 4.74 Å². The SMILES string of the molecule is COc1ccc(CN(C)C(=O)NNC(=O)c2ccc(F)cc2)cc1F. The number of ether oxygens (including phenoxy) is 1. The number of rotatable bonds is 4. The number of carbonyl (C=O) groups excluding carboxylic acids is 2. The molecule has 0 unspecified atom stereocenters. The van der Waals surface area contributed by atoms with Crippen LogP contribution in [0.15, 0.2) is 42.5 Å². The predicted octanol–water partition coefficient (Wildman–Crippen LogP) is 2.46. The van der Waals surface area contributed by atoms with Crippen LogP contribution in [0.1, 0.15) is 15.9 Å². The minimum atomic E-state index is -0.591. The number of benzene rings is 2. The molecule has 0 atom stereocenters. The third-order valence-electron chi connectivity index (χ3n) is 3.37. The van der Waals surface area contributed by atoms with Gasteiger partial charge < -0.3 is 9.64 Å². The van der Waals surface area contributed by atoms with Gasteiger partial charge in [-0.1, -0.05) is 6.07 Å². The molecule has 0 aliphatic rings. The van der Waals surface area contributed by atoms with Gasteiger partial charge in [0.05, 0.1) is 7.11 Å². The van der Waals surface area contributed by atoms with Crippen LogP contribution in [0.25, 0.3) is 0 Å². The fourth-order valence-corrected chi connectivity index (χ4v) is 2.03. The van der Waals surface area contributed by atoms with Crippen LogP contribution in [0.5, 0.6) is 5.75 Å². The molecule has 132 valence electrons. The maximum atomic E-state index is 13.6. The van der Waals surface area contributed by atoms with Crippen molar-refractivity contribution >= 4 is 11.9 Å². The molecule has 0 spiro atoms. The van der Waals surface area contributed by atoms with Crippen molar-refractivity contribution in [3.8, 4) is 5.75 Å². The van der Waals surface area contributed by atoms with Crippen molar-refractivity contribution in [2.45, 2.75) is 6.54 Å². The molecule has 0 saturated carbocycles. The molecule has 25 heavy (non-hydrogen) atoms. The molecule has 2 rings (SSSR count). The van der Waals surface area contributed by atoms with Gasteiger partial charge in [0, 0.05) is 19.2 Å². The molecule has 0 heterocycles. The standard InChI is InChI=1S/C17H17F2N3O3/c1-22(10-11-3-8-15(25-2)14(19)9-11)17(24)21-20-16(23)12-4-6-13(18)7-5-12/h3-9H,10H2,1-2H3,(H,20,23)(H,21,24). The number of hydrazine groups is 1. The van der Waals surface area contributed by atoms with Crippen LogP contribution >= 0.6 is 0 Å². The van der Waals surface area contributed by atoms with Gasteiger partial charge in [-0.25, -0.2) is 19.0 Å². The zero-order valence-corrected chi connectivity index (χ0v) is 13.7. The molecule has 6 nitrogen and oxygen atoms in total. The van der Waals surface area contributed by atoms with Gasteiger partial charge in [0.1, 0.15) is 5.82 Å². The normalized spacial score (nSPS) is 10.1. The molecule has 8 heteroatoms. The fourth-order valence-electron chi connectivity index (χ4n) is 2.03. The summed E-state index contributed by atoms with van der Waals surface area (Å²) in [4.78, 5) is 25.0. The second kappa shape index (κ2) is 8.09. The van der Waals surface area contributed by atoms with E-state index in [-0.39, 0.29) is 17.9 Å². The number of halogens is 2. The minimum absolute atomic E-state index is 0.113. The molecule has 0 aliphatic heterocycles. The van der Waals surface area contributed by atoms with Gasteiger partial charge >= 0.3 is 6.03 Å². The van der Waals surface area contributed by atoms with Crippen molar-refractivity contribution in [3.05, 3.63) is 65.2 Å². The van der Waals surface area contributed by atoms with Crippen LogP contribution in [-0.4, -0.2) is 31.0 Å². The summed E-state index contributed by atoms with van der Waals surface area (Å²) >= 11 is 0. The lowest BCUT2D eigenvalue weighted by molar-refractivity contribution is 0.0931. The van der Waals surface area contributed by atoms with Crippen LogP contribution in [0.3, 0.4) is 0 Å². The Morgan fingerprint density at radius 1 is 1.08 bits per heavy atom. The van der Waals surface area contributed by atoms with Crippen LogP contribution in [0.2, 0.25) is 0 Å². The Labute approximate surface area is 143 Å². The molecular weight excluding hydrogens is 332 g/mol. The van der Waals surface area contributed by atoms with Crippen LogP contribution in [-0.2, 0) is 6.54 Å². The highest BCUT2D eigenvalue weighted by Gasteiger charge is 2.12. The van der Waals surface area contributed by atoms with E-state index in [1.807, 2.05) is 0 Å². The van der Waals surface area contributed by atoms with Gasteiger partial charge in [-0.2, -0.15) is 0 Å². The quantitative estimate of drug-likeness (QED) is 0.833. The molecule has 0 fully saturated rings. The first kappa shape index (κ1) is 18.2. The van der Waals surface area contributed by atoms with E-state index >= 15 is 0 Å². The Kier molecular flexibility index (Phi) is 5.89. The summed E-state index contributed by atoms with van der Waals surface area (Å²) in [5.41, 5.74) is 5.20. The smallest absolute Gasteiger partial charge is 0.336 e. The average Bonchev–Trinajstić information content (AvgIpc) is 2.60. The topological polar surface area (TPSA) is 70.7 Å². The maximum Gasteiger partial charge on any atom is 0.336 e. The van der Waals surface area contributed by atoms with Gasteiger partial charge in [-0.15, -0.1) is 0 Å². The van der Waals surface area contributed by atoms with Gasteiger partial charge in [0.2, 0.25) is 0 Å². The van der Waals surface area contributed by atoms with E-state index in [9.17, 15) is 18.4 Å². The highest BCUT2D eigenvalue weighted by molar-refractivity contribution is 5.95. The lowest BCUT2D eigenvalue weighted by Crippen LogP contribution is -2.47. The second-order valence-electron chi connectivity index (χ2n) is 5.22. The third kappa shape index (κ3) is 4.90. The van der Waals surface area contributed by atoms with Crippen molar-refractivity contribution in [1.82, 2.24) is 15.8 Å². The molecule has 0 saturated heterocycles. The molecule has 0 aromatic heterocycles. The number of amides is 3. The summed E-state index contributed by atoms with van der Waals surface area (Å²) in [6, 6.07) is 8.63. The Bertz CT molecular complexity index is 766. The number of hydrogen-bond donors (Lipinski definition) is 2. The Morgan fingerprint density at radius 3 is 2.36 bits per heavy atom. The fraction of sp³-hybridized carbons (Fsp3) is 0.176. The van der Waals surface area contributed by atoms with E-state index in [1.165, 1.54) is 43.3 Å². The molecule has 2 aromatic carbocycles. The number of nitrogens with one attached hydrogen (secondary N) is 2. The van der Waals surface area contributed by atoms with Gasteiger partial charge in [0.15, 0.2) is 11.6 Å². The van der Waals surface area contributed by atoms with Gasteiger partial charge in [-0.05, 0) is 42.0 Å². The Morgan fingerprint density at radius 2 is 1.76 bits per heavy atom. The van der Waals surface area contributed by atoms with E-state index < -0.39 is 23.6 Å². The van der Waals surface area contributed by atoms with Crippen LogP contribution in [0, 0.1) is 11.6 Å². The zero-order chi connectivity index (χ0) is 18.4. The molecular formula is C17H17F2N3O3. The number of methoxy groups -OCH3 is 1. The highest BCUT2D eigenvalue weighted by atomic mass is 19.1.